The number of halogens is 4. The standard InChI is InChI=1S/C20H22ClF3N2O3S2/c1-31(28,29)26(14-7-8-18(23)19(24)12-14)10-3-6-20(27)25-9-11-30-13-15-16(21)4-2-5-17(15)22/h2,4-5,7-8,12H,3,6,9-11,13H2,1H3,(H,25,27). The molecule has 0 heterocycles. The zero-order valence-corrected chi connectivity index (χ0v) is 19.1. The highest BCUT2D eigenvalue weighted by molar-refractivity contribution is 7.98. The Hall–Kier alpha value is -1.91. The second-order valence-electron chi connectivity index (χ2n) is 6.64. The lowest BCUT2D eigenvalue weighted by molar-refractivity contribution is -0.121. The molecule has 0 atom stereocenters. The van der Waals surface area contributed by atoms with Crippen molar-refractivity contribution in [3.8, 4) is 0 Å². The van der Waals surface area contributed by atoms with Crippen molar-refractivity contribution in [2.45, 2.75) is 18.6 Å². The van der Waals surface area contributed by atoms with Gasteiger partial charge in [-0.3, -0.25) is 9.10 Å². The molecule has 0 bridgehead atoms. The molecule has 0 spiro atoms. The number of nitrogens with zero attached hydrogens (tertiary/aromatic N) is 1. The van der Waals surface area contributed by atoms with Crippen LogP contribution in [0.4, 0.5) is 18.9 Å². The van der Waals surface area contributed by atoms with Crippen LogP contribution in [0.2, 0.25) is 5.02 Å². The lowest BCUT2D eigenvalue weighted by atomic mass is 10.2. The molecule has 0 aromatic heterocycles. The summed E-state index contributed by atoms with van der Waals surface area (Å²) >= 11 is 7.37. The van der Waals surface area contributed by atoms with Gasteiger partial charge < -0.3 is 5.32 Å². The molecule has 0 aliphatic heterocycles. The molecular formula is C20H22ClF3N2O3S2. The first-order valence-corrected chi connectivity index (χ1v) is 12.7. The number of nitrogens with one attached hydrogen (secondary N) is 1. The van der Waals surface area contributed by atoms with E-state index in [1.807, 2.05) is 0 Å². The van der Waals surface area contributed by atoms with Crippen molar-refractivity contribution < 1.29 is 26.4 Å². The zero-order chi connectivity index (χ0) is 23.0. The minimum Gasteiger partial charge on any atom is -0.355 e. The number of benzene rings is 2. The van der Waals surface area contributed by atoms with E-state index in [0.717, 1.165) is 22.7 Å². The highest BCUT2D eigenvalue weighted by Crippen LogP contribution is 2.24. The smallest absolute Gasteiger partial charge is 0.232 e. The Labute approximate surface area is 189 Å². The summed E-state index contributed by atoms with van der Waals surface area (Å²) in [7, 11) is -3.74. The van der Waals surface area contributed by atoms with Gasteiger partial charge in [0.1, 0.15) is 5.82 Å². The summed E-state index contributed by atoms with van der Waals surface area (Å²) in [6, 6.07) is 7.30. The van der Waals surface area contributed by atoms with Crippen LogP contribution in [0.15, 0.2) is 36.4 Å². The van der Waals surface area contributed by atoms with Crippen LogP contribution in [0.25, 0.3) is 0 Å². The molecule has 1 amide bonds. The Bertz CT molecular complexity index is 1000. The van der Waals surface area contributed by atoms with Crippen LogP contribution in [-0.2, 0) is 20.6 Å². The van der Waals surface area contributed by atoms with E-state index < -0.39 is 21.7 Å². The fourth-order valence-electron chi connectivity index (χ4n) is 2.71. The first-order valence-electron chi connectivity index (χ1n) is 9.29. The summed E-state index contributed by atoms with van der Waals surface area (Å²) in [6.45, 7) is 0.298. The topological polar surface area (TPSA) is 66.5 Å². The number of carbonyl (C=O) groups excluding carboxylic acids is 1. The monoisotopic (exact) mass is 494 g/mol. The van der Waals surface area contributed by atoms with Crippen molar-refractivity contribution in [2.24, 2.45) is 0 Å². The number of rotatable bonds is 11. The van der Waals surface area contributed by atoms with Crippen LogP contribution in [-0.4, -0.2) is 39.4 Å². The van der Waals surface area contributed by atoms with Gasteiger partial charge in [-0.15, -0.1) is 0 Å². The van der Waals surface area contributed by atoms with Crippen LogP contribution >= 0.6 is 23.4 Å². The summed E-state index contributed by atoms with van der Waals surface area (Å²) in [5, 5.41) is 3.06. The first-order chi connectivity index (χ1) is 14.6. The third-order valence-corrected chi connectivity index (χ3v) is 6.77. The fraction of sp³-hybridized carbons (Fsp3) is 0.350. The molecule has 0 aliphatic rings. The van der Waals surface area contributed by atoms with Gasteiger partial charge in [0.2, 0.25) is 15.9 Å². The average Bonchev–Trinajstić information content (AvgIpc) is 2.68. The van der Waals surface area contributed by atoms with Crippen molar-refractivity contribution in [3.63, 3.8) is 0 Å². The van der Waals surface area contributed by atoms with E-state index in [9.17, 15) is 26.4 Å². The second-order valence-corrected chi connectivity index (χ2v) is 10.1. The summed E-state index contributed by atoms with van der Waals surface area (Å²) in [4.78, 5) is 12.0. The molecule has 0 fully saturated rings. The molecule has 170 valence electrons. The van der Waals surface area contributed by atoms with E-state index in [4.69, 9.17) is 11.6 Å². The van der Waals surface area contributed by atoms with E-state index in [1.165, 1.54) is 30.0 Å². The van der Waals surface area contributed by atoms with Crippen molar-refractivity contribution >= 4 is 45.0 Å². The van der Waals surface area contributed by atoms with E-state index in [1.54, 1.807) is 6.07 Å². The van der Waals surface area contributed by atoms with E-state index >= 15 is 0 Å². The molecule has 0 saturated carbocycles. The lowest BCUT2D eigenvalue weighted by Crippen LogP contribution is -2.32. The first kappa shape index (κ1) is 25.4. The molecular weight excluding hydrogens is 473 g/mol. The Morgan fingerprint density at radius 2 is 1.87 bits per heavy atom. The molecule has 31 heavy (non-hydrogen) atoms. The Balaban J connectivity index is 1.75. The molecule has 0 saturated heterocycles. The van der Waals surface area contributed by atoms with Crippen molar-refractivity contribution in [3.05, 3.63) is 64.4 Å². The van der Waals surface area contributed by atoms with Gasteiger partial charge in [0.05, 0.1) is 11.9 Å². The van der Waals surface area contributed by atoms with Crippen LogP contribution in [0.1, 0.15) is 18.4 Å². The maximum atomic E-state index is 13.7. The highest BCUT2D eigenvalue weighted by atomic mass is 35.5. The predicted molar refractivity (Wildman–Crippen MR) is 118 cm³/mol. The van der Waals surface area contributed by atoms with Gasteiger partial charge >= 0.3 is 0 Å². The number of thioether (sulfide) groups is 1. The number of carbonyl (C=O) groups is 1. The molecule has 11 heteroatoms. The molecule has 2 rings (SSSR count). The van der Waals surface area contributed by atoms with Crippen molar-refractivity contribution in [1.29, 1.82) is 0 Å². The molecule has 0 radical (unpaired) electrons. The molecule has 2 aromatic carbocycles. The third-order valence-electron chi connectivity index (χ3n) is 4.23. The number of sulfonamides is 1. The van der Waals surface area contributed by atoms with Crippen molar-refractivity contribution in [2.75, 3.05) is 29.4 Å². The molecule has 0 aliphatic carbocycles. The fourth-order valence-corrected chi connectivity index (χ4v) is 4.86. The quantitative estimate of drug-likeness (QED) is 0.471. The zero-order valence-electron chi connectivity index (χ0n) is 16.7. The molecule has 0 unspecified atom stereocenters. The minimum absolute atomic E-state index is 0.00925. The van der Waals surface area contributed by atoms with E-state index in [0.29, 0.717) is 28.6 Å². The second kappa shape index (κ2) is 11.6. The van der Waals surface area contributed by atoms with Crippen LogP contribution in [0, 0.1) is 17.5 Å². The normalized spacial score (nSPS) is 11.4. The summed E-state index contributed by atoms with van der Waals surface area (Å²) in [5.41, 5.74) is 0.406. The highest BCUT2D eigenvalue weighted by Gasteiger charge is 2.19. The number of anilines is 1. The Morgan fingerprint density at radius 3 is 2.52 bits per heavy atom. The van der Waals surface area contributed by atoms with E-state index in [-0.39, 0.29) is 36.8 Å². The van der Waals surface area contributed by atoms with Gasteiger partial charge in [-0.2, -0.15) is 11.8 Å². The van der Waals surface area contributed by atoms with Gasteiger partial charge in [-0.05, 0) is 30.7 Å². The predicted octanol–water partition coefficient (Wildman–Crippen LogP) is 4.35. The van der Waals surface area contributed by atoms with Crippen LogP contribution < -0.4 is 9.62 Å². The number of hydrogen-bond donors (Lipinski definition) is 1. The molecule has 5 nitrogen and oxygen atoms in total. The summed E-state index contributed by atoms with van der Waals surface area (Å²) in [5.74, 6) is -1.96. The van der Waals surface area contributed by atoms with Gasteiger partial charge in [0.15, 0.2) is 11.6 Å². The van der Waals surface area contributed by atoms with Gasteiger partial charge in [0.25, 0.3) is 0 Å². The summed E-state index contributed by atoms with van der Waals surface area (Å²) in [6.07, 6.45) is 1.20. The maximum Gasteiger partial charge on any atom is 0.232 e. The van der Waals surface area contributed by atoms with Gasteiger partial charge in [-0.25, -0.2) is 21.6 Å². The van der Waals surface area contributed by atoms with Gasteiger partial charge in [-0.1, -0.05) is 17.7 Å². The Morgan fingerprint density at radius 1 is 1.13 bits per heavy atom. The molecule has 1 N–H and O–H groups in total. The number of amides is 1. The van der Waals surface area contributed by atoms with Crippen LogP contribution in [0.3, 0.4) is 0 Å². The maximum absolute atomic E-state index is 13.7. The SMILES string of the molecule is CS(=O)(=O)N(CCCC(=O)NCCSCc1c(F)cccc1Cl)c1ccc(F)c(F)c1. The number of hydrogen-bond acceptors (Lipinski definition) is 4. The summed E-state index contributed by atoms with van der Waals surface area (Å²) < 4.78 is 65.1. The Kier molecular flexibility index (Phi) is 9.52. The third kappa shape index (κ3) is 7.93. The average molecular weight is 495 g/mol. The van der Waals surface area contributed by atoms with E-state index in [2.05, 4.69) is 5.32 Å². The van der Waals surface area contributed by atoms with Gasteiger partial charge in [0, 0.05) is 47.7 Å². The van der Waals surface area contributed by atoms with Crippen LogP contribution in [0.5, 0.6) is 0 Å². The van der Waals surface area contributed by atoms with Crippen molar-refractivity contribution in [1.82, 2.24) is 5.32 Å². The largest absolute Gasteiger partial charge is 0.355 e. The molecule has 2 aromatic rings. The minimum atomic E-state index is -3.74. The lowest BCUT2D eigenvalue weighted by Gasteiger charge is -2.22.